The number of benzene rings is 5. The normalized spacial score (nSPS) is 14.0. The zero-order chi connectivity index (χ0) is 56.7. The van der Waals surface area contributed by atoms with Gasteiger partial charge in [-0.1, -0.05) is 166 Å². The second kappa shape index (κ2) is 20.5. The van der Waals surface area contributed by atoms with E-state index in [0.29, 0.717) is 0 Å². The van der Waals surface area contributed by atoms with Gasteiger partial charge in [-0.2, -0.15) is 0 Å². The summed E-state index contributed by atoms with van der Waals surface area (Å²) in [6, 6.07) is 24.5. The Morgan fingerprint density at radius 3 is 0.573 bits per heavy atom. The molecule has 0 N–H and O–H groups in total. The van der Waals surface area contributed by atoms with E-state index in [-0.39, 0.29) is 50.1 Å². The summed E-state index contributed by atoms with van der Waals surface area (Å²) < 4.78 is 39.1. The van der Waals surface area contributed by atoms with Gasteiger partial charge in [0.1, 0.15) is 23.0 Å². The first-order valence-electron chi connectivity index (χ1n) is 27.1. The minimum Gasteiger partial charge on any atom is -0.496 e. The molecular formula is C67H96O6P2. The molecule has 410 valence electrons. The van der Waals surface area contributed by atoms with Crippen LogP contribution in [0.3, 0.4) is 0 Å². The van der Waals surface area contributed by atoms with E-state index >= 15 is 0 Å². The van der Waals surface area contributed by atoms with E-state index in [9.17, 15) is 0 Å². The lowest BCUT2D eigenvalue weighted by molar-refractivity contribution is 0.174. The standard InChI is InChI=1S/C67H96O6P2/c1-60(2,3)44-29-40(30-45(56(44)68-25)61(4,5)6)74(41-31-46(62(7,8)9)57(69-26)47(32-41)63(10,11)12)54-37-52-53(73-39-72-52)38-55(54)75(42-33-48(64(13,14)15)58(70-27)49(34-42)65(16,17)18)43-35-50(66(19,20)21)59(71-28)51(36-43)67(22,23)24/h29-38H,39H2,1-28H3. The number of methoxy groups -OCH3 is 4. The summed E-state index contributed by atoms with van der Waals surface area (Å²) in [5, 5.41) is 7.46. The number of hydrogen-bond acceptors (Lipinski definition) is 6. The third kappa shape index (κ3) is 12.2. The molecule has 5 aromatic rings. The van der Waals surface area contributed by atoms with Crippen molar-refractivity contribution in [3.63, 3.8) is 0 Å². The lowest BCUT2D eigenvalue weighted by atomic mass is 9.79. The lowest BCUT2D eigenvalue weighted by Crippen LogP contribution is -2.37. The molecule has 75 heavy (non-hydrogen) atoms. The average Bonchev–Trinajstić information content (AvgIpc) is 3.73. The summed E-state index contributed by atoms with van der Waals surface area (Å²) in [4.78, 5) is 0. The largest absolute Gasteiger partial charge is 0.496 e. The van der Waals surface area contributed by atoms with Gasteiger partial charge >= 0.3 is 0 Å². The fourth-order valence-corrected chi connectivity index (χ4v) is 15.9. The highest BCUT2D eigenvalue weighted by molar-refractivity contribution is 7.85. The van der Waals surface area contributed by atoms with E-state index in [0.717, 1.165) is 34.5 Å². The van der Waals surface area contributed by atoms with Crippen molar-refractivity contribution in [3.8, 4) is 34.5 Å². The third-order valence-electron chi connectivity index (χ3n) is 14.6. The Bertz CT molecular complexity index is 2420. The molecule has 0 radical (unpaired) electrons. The van der Waals surface area contributed by atoms with Crippen molar-refractivity contribution in [1.82, 2.24) is 0 Å². The van der Waals surface area contributed by atoms with Crippen LogP contribution in [0, 0.1) is 0 Å². The fourth-order valence-electron chi connectivity index (χ4n) is 10.4. The van der Waals surface area contributed by atoms with Gasteiger partial charge < -0.3 is 28.4 Å². The van der Waals surface area contributed by atoms with Crippen molar-refractivity contribution in [2.75, 3.05) is 35.2 Å². The molecule has 1 aliphatic rings. The molecule has 1 aliphatic heterocycles. The summed E-state index contributed by atoms with van der Waals surface area (Å²) >= 11 is 0. The van der Waals surface area contributed by atoms with Gasteiger partial charge in [0.05, 0.1) is 28.4 Å². The molecule has 5 aromatic carbocycles. The molecule has 0 fully saturated rings. The highest BCUT2D eigenvalue weighted by Gasteiger charge is 2.39. The summed E-state index contributed by atoms with van der Waals surface area (Å²) in [5.41, 5.74) is 7.52. The van der Waals surface area contributed by atoms with Crippen molar-refractivity contribution in [2.24, 2.45) is 0 Å². The molecular weight excluding hydrogens is 963 g/mol. The van der Waals surface area contributed by atoms with Crippen LogP contribution in [0.25, 0.3) is 0 Å². The second-order valence-electron chi connectivity index (χ2n) is 29.2. The van der Waals surface area contributed by atoms with Gasteiger partial charge in [0.25, 0.3) is 0 Å². The van der Waals surface area contributed by atoms with Crippen molar-refractivity contribution >= 4 is 47.7 Å². The first-order valence-corrected chi connectivity index (χ1v) is 29.7. The second-order valence-corrected chi connectivity index (χ2v) is 33.5. The SMILES string of the molecule is COc1c(C(C)(C)C)cc(P(c2cc(C(C)(C)C)c(OC)c(C(C)(C)C)c2)c2cc3c(cc2P(c2cc(C(C)(C)C)c(OC)c(C(C)(C)C)c2)c2cc(C(C)(C)C)c(OC)c(C(C)(C)C)c2)OCO3)cc1C(C)(C)C. The summed E-state index contributed by atoms with van der Waals surface area (Å²) in [7, 11) is 4.54. The van der Waals surface area contributed by atoms with Crippen LogP contribution in [0.1, 0.15) is 211 Å². The van der Waals surface area contributed by atoms with Gasteiger partial charge in [0.2, 0.25) is 6.79 Å². The predicted octanol–water partition coefficient (Wildman–Crippen LogP) is 15.3. The first kappa shape index (κ1) is 60.0. The van der Waals surface area contributed by atoms with Crippen LogP contribution in [0.4, 0.5) is 0 Å². The average molecular weight is 1060 g/mol. The minimum absolute atomic E-state index is 0.152. The molecule has 0 aromatic heterocycles. The molecule has 0 amide bonds. The number of hydrogen-bond donors (Lipinski definition) is 0. The lowest BCUT2D eigenvalue weighted by Gasteiger charge is -2.36. The van der Waals surface area contributed by atoms with Crippen LogP contribution in [0.5, 0.6) is 34.5 Å². The molecule has 0 bridgehead atoms. The Morgan fingerprint density at radius 1 is 0.280 bits per heavy atom. The van der Waals surface area contributed by atoms with E-state index in [1.54, 1.807) is 0 Å². The Hall–Kier alpha value is -4.24. The summed E-state index contributed by atoms with van der Waals surface area (Å²) in [6.07, 6.45) is 0. The van der Waals surface area contributed by atoms with Crippen molar-refractivity contribution in [3.05, 3.63) is 105 Å². The molecule has 0 saturated carbocycles. The number of fused-ring (bicyclic) bond motifs is 1. The van der Waals surface area contributed by atoms with Crippen LogP contribution in [-0.2, 0) is 43.3 Å². The van der Waals surface area contributed by atoms with Crippen molar-refractivity contribution in [1.29, 1.82) is 0 Å². The van der Waals surface area contributed by atoms with Gasteiger partial charge in [-0.25, -0.2) is 0 Å². The van der Waals surface area contributed by atoms with Crippen molar-refractivity contribution in [2.45, 2.75) is 209 Å². The molecule has 0 aliphatic carbocycles. The van der Waals surface area contributed by atoms with Crippen LogP contribution in [0.15, 0.2) is 60.7 Å². The Kier molecular flexibility index (Phi) is 16.4. The zero-order valence-electron chi connectivity index (χ0n) is 51.8. The highest BCUT2D eigenvalue weighted by atomic mass is 31.1. The third-order valence-corrected chi connectivity index (χ3v) is 19.5. The molecule has 0 spiro atoms. The smallest absolute Gasteiger partial charge is 0.231 e. The molecule has 0 unspecified atom stereocenters. The predicted molar refractivity (Wildman–Crippen MR) is 326 cm³/mol. The van der Waals surface area contributed by atoms with E-state index in [4.69, 9.17) is 28.4 Å². The molecule has 8 heteroatoms. The zero-order valence-corrected chi connectivity index (χ0v) is 53.6. The number of ether oxygens (including phenoxy) is 6. The van der Waals surface area contributed by atoms with Gasteiger partial charge in [-0.3, -0.25) is 0 Å². The maximum atomic E-state index is 6.53. The summed E-state index contributed by atoms with van der Waals surface area (Å²) in [5.74, 6) is 5.33. The fraction of sp³-hybridized carbons (Fsp3) is 0.552. The van der Waals surface area contributed by atoms with Crippen LogP contribution < -0.4 is 60.2 Å². The van der Waals surface area contributed by atoms with Gasteiger partial charge in [0, 0.05) is 44.5 Å². The van der Waals surface area contributed by atoms with Crippen LogP contribution in [-0.4, -0.2) is 35.2 Å². The molecule has 1 heterocycles. The van der Waals surface area contributed by atoms with Crippen LogP contribution >= 0.6 is 15.8 Å². The highest BCUT2D eigenvalue weighted by Crippen LogP contribution is 2.52. The quantitative estimate of drug-likeness (QED) is 0.130. The molecule has 6 rings (SSSR count). The van der Waals surface area contributed by atoms with Gasteiger partial charge in [-0.15, -0.1) is 0 Å². The number of rotatable bonds is 10. The Labute approximate surface area is 458 Å². The van der Waals surface area contributed by atoms with E-state index < -0.39 is 15.8 Å². The Morgan fingerprint density at radius 2 is 0.440 bits per heavy atom. The monoisotopic (exact) mass is 1060 g/mol. The topological polar surface area (TPSA) is 55.4 Å². The van der Waals surface area contributed by atoms with E-state index in [1.807, 2.05) is 28.4 Å². The Balaban J connectivity index is 2.01. The van der Waals surface area contributed by atoms with Gasteiger partial charge in [-0.05, 0) is 152 Å². The van der Waals surface area contributed by atoms with Crippen molar-refractivity contribution < 1.29 is 28.4 Å². The minimum atomic E-state index is -1.39. The maximum Gasteiger partial charge on any atom is 0.231 e. The summed E-state index contributed by atoms with van der Waals surface area (Å²) in [6.45, 7) is 55.6. The maximum absolute atomic E-state index is 6.53. The van der Waals surface area contributed by atoms with E-state index in [2.05, 4.69) is 227 Å². The van der Waals surface area contributed by atoms with Gasteiger partial charge in [0.15, 0.2) is 11.5 Å². The van der Waals surface area contributed by atoms with E-state index in [1.165, 1.54) is 76.3 Å². The molecule has 6 nitrogen and oxygen atoms in total. The first-order chi connectivity index (χ1) is 34.1. The molecule has 0 saturated heterocycles. The molecule has 0 atom stereocenters. The van der Waals surface area contributed by atoms with Crippen LogP contribution in [0.2, 0.25) is 0 Å².